The first-order valence-electron chi connectivity index (χ1n) is 7.34. The quantitative estimate of drug-likeness (QED) is 0.850. The first-order chi connectivity index (χ1) is 10.8. The van der Waals surface area contributed by atoms with Crippen molar-refractivity contribution in [2.45, 2.75) is 19.4 Å². The van der Waals surface area contributed by atoms with Gasteiger partial charge in [-0.3, -0.25) is 4.79 Å². The van der Waals surface area contributed by atoms with Crippen LogP contribution in [0.5, 0.6) is 10.9 Å². The third-order valence-corrected chi connectivity index (χ3v) is 4.18. The number of aromatic nitrogens is 1. The molecule has 1 unspecified atom stereocenters. The molecule has 0 bridgehead atoms. The second-order valence-corrected chi connectivity index (χ2v) is 5.89. The maximum atomic E-state index is 12.5. The van der Waals surface area contributed by atoms with Gasteiger partial charge in [0.05, 0.1) is 13.2 Å². The number of hydrogen-bond donors (Lipinski definition) is 0. The molecule has 116 valence electrons. The number of ether oxygens (including phenoxy) is 2. The Morgan fingerprint density at radius 2 is 2.23 bits per heavy atom. The van der Waals surface area contributed by atoms with E-state index in [0.717, 1.165) is 12.2 Å². The van der Waals surface area contributed by atoms with Crippen molar-refractivity contribution >= 4 is 17.2 Å². The van der Waals surface area contributed by atoms with Crippen LogP contribution in [0.4, 0.5) is 0 Å². The smallest absolute Gasteiger partial charge is 0.273 e. The molecule has 3 rings (SSSR count). The van der Waals surface area contributed by atoms with Crippen LogP contribution < -0.4 is 9.47 Å². The third-order valence-electron chi connectivity index (χ3n) is 3.52. The highest BCUT2D eigenvalue weighted by atomic mass is 32.1. The van der Waals surface area contributed by atoms with E-state index >= 15 is 0 Å². The van der Waals surface area contributed by atoms with Gasteiger partial charge in [-0.2, -0.15) is 0 Å². The Kier molecular flexibility index (Phi) is 4.58. The van der Waals surface area contributed by atoms with E-state index in [9.17, 15) is 4.79 Å². The van der Waals surface area contributed by atoms with Crippen molar-refractivity contribution < 1.29 is 14.3 Å². The Balaban J connectivity index is 1.58. The first kappa shape index (κ1) is 14.8. The van der Waals surface area contributed by atoms with Gasteiger partial charge < -0.3 is 14.4 Å². The molecule has 0 radical (unpaired) electrons. The molecule has 1 amide bonds. The van der Waals surface area contributed by atoms with E-state index < -0.39 is 0 Å². The van der Waals surface area contributed by atoms with Crippen LogP contribution in [-0.4, -0.2) is 41.6 Å². The summed E-state index contributed by atoms with van der Waals surface area (Å²) >= 11 is 1.47. The fourth-order valence-corrected chi connectivity index (χ4v) is 3.01. The topological polar surface area (TPSA) is 51.7 Å². The van der Waals surface area contributed by atoms with Crippen LogP contribution in [0.3, 0.4) is 0 Å². The molecule has 22 heavy (non-hydrogen) atoms. The summed E-state index contributed by atoms with van der Waals surface area (Å²) in [4.78, 5) is 18.4. The molecular formula is C16H18N2O3S. The van der Waals surface area contributed by atoms with Crippen molar-refractivity contribution in [3.63, 3.8) is 0 Å². The number of hydrogen-bond acceptors (Lipinski definition) is 5. The fourth-order valence-electron chi connectivity index (χ4n) is 2.46. The van der Waals surface area contributed by atoms with Gasteiger partial charge in [-0.25, -0.2) is 4.98 Å². The van der Waals surface area contributed by atoms with Gasteiger partial charge >= 0.3 is 0 Å². The predicted molar refractivity (Wildman–Crippen MR) is 84.7 cm³/mol. The van der Waals surface area contributed by atoms with E-state index in [1.54, 1.807) is 6.20 Å². The largest absolute Gasteiger partial charge is 0.494 e. The summed E-state index contributed by atoms with van der Waals surface area (Å²) in [6.45, 7) is 3.87. The summed E-state index contributed by atoms with van der Waals surface area (Å²) in [6, 6.07) is 7.28. The normalized spacial score (nSPS) is 17.5. The average Bonchev–Trinajstić information content (AvgIpc) is 3.20. The molecule has 2 heterocycles. The summed E-state index contributed by atoms with van der Waals surface area (Å²) in [6.07, 6.45) is 2.58. The van der Waals surface area contributed by atoms with Crippen LogP contribution in [0.15, 0.2) is 35.8 Å². The molecule has 1 saturated heterocycles. The van der Waals surface area contributed by atoms with E-state index in [-0.39, 0.29) is 12.0 Å². The molecule has 0 aliphatic carbocycles. The summed E-state index contributed by atoms with van der Waals surface area (Å²) in [5.74, 6) is 0.818. The lowest BCUT2D eigenvalue weighted by Gasteiger charge is -2.16. The van der Waals surface area contributed by atoms with Gasteiger partial charge in [0, 0.05) is 30.1 Å². The summed E-state index contributed by atoms with van der Waals surface area (Å²) in [5.41, 5.74) is 0.679. The van der Waals surface area contributed by atoms with Crippen LogP contribution in [0, 0.1) is 0 Å². The zero-order valence-corrected chi connectivity index (χ0v) is 13.2. The molecule has 1 aliphatic heterocycles. The van der Waals surface area contributed by atoms with Gasteiger partial charge in [0.2, 0.25) is 0 Å². The van der Waals surface area contributed by atoms with Crippen molar-refractivity contribution in [2.75, 3.05) is 19.7 Å². The monoisotopic (exact) mass is 318 g/mol. The summed E-state index contributed by atoms with van der Waals surface area (Å²) < 4.78 is 11.2. The summed E-state index contributed by atoms with van der Waals surface area (Å²) in [5, 5.41) is 2.55. The lowest BCUT2D eigenvalue weighted by molar-refractivity contribution is 0.0772. The van der Waals surface area contributed by atoms with E-state index in [2.05, 4.69) is 4.98 Å². The SMILES string of the molecule is CCOc1ccc(C(=O)N2CCC(Oc3nccs3)C2)cc1. The number of nitrogens with zero attached hydrogens (tertiary/aromatic N) is 2. The molecule has 1 atom stereocenters. The number of benzene rings is 1. The second kappa shape index (κ2) is 6.79. The maximum Gasteiger partial charge on any atom is 0.273 e. The van der Waals surface area contributed by atoms with Crippen LogP contribution in [0.1, 0.15) is 23.7 Å². The minimum absolute atomic E-state index is 0.0257. The van der Waals surface area contributed by atoms with Crippen molar-refractivity contribution in [2.24, 2.45) is 0 Å². The molecule has 1 fully saturated rings. The Hall–Kier alpha value is -2.08. The molecule has 2 aromatic rings. The molecule has 0 N–H and O–H groups in total. The average molecular weight is 318 g/mol. The van der Waals surface area contributed by atoms with Gasteiger partial charge in [0.1, 0.15) is 11.9 Å². The number of carbonyl (C=O) groups excluding carboxylic acids is 1. The molecule has 0 spiro atoms. The second-order valence-electron chi connectivity index (χ2n) is 5.04. The molecule has 0 saturated carbocycles. The molecule has 5 nitrogen and oxygen atoms in total. The highest BCUT2D eigenvalue weighted by Crippen LogP contribution is 2.22. The molecule has 1 aliphatic rings. The number of thiazole rings is 1. The highest BCUT2D eigenvalue weighted by molar-refractivity contribution is 7.11. The van der Waals surface area contributed by atoms with Gasteiger partial charge in [-0.05, 0) is 31.2 Å². The Morgan fingerprint density at radius 1 is 1.41 bits per heavy atom. The van der Waals surface area contributed by atoms with Gasteiger partial charge in [0.15, 0.2) is 0 Å². The number of rotatable bonds is 5. The first-order valence-corrected chi connectivity index (χ1v) is 8.22. The highest BCUT2D eigenvalue weighted by Gasteiger charge is 2.28. The van der Waals surface area contributed by atoms with Crippen LogP contribution in [-0.2, 0) is 0 Å². The van der Waals surface area contributed by atoms with E-state index in [1.165, 1.54) is 11.3 Å². The molecule has 1 aromatic carbocycles. The molecular weight excluding hydrogens is 300 g/mol. The Labute approximate surface area is 133 Å². The van der Waals surface area contributed by atoms with Crippen LogP contribution in [0.25, 0.3) is 0 Å². The predicted octanol–water partition coefficient (Wildman–Crippen LogP) is 2.84. The Bertz CT molecular complexity index is 613. The zero-order valence-electron chi connectivity index (χ0n) is 12.4. The van der Waals surface area contributed by atoms with E-state index in [1.807, 2.05) is 41.5 Å². The minimum atomic E-state index is 0.0257. The lowest BCUT2D eigenvalue weighted by Crippen LogP contribution is -2.30. The number of carbonyl (C=O) groups is 1. The maximum absolute atomic E-state index is 12.5. The number of amides is 1. The standard InChI is InChI=1S/C16H18N2O3S/c1-2-20-13-5-3-12(4-6-13)15(19)18-9-7-14(11-18)21-16-17-8-10-22-16/h3-6,8,10,14H,2,7,9,11H2,1H3. The van der Waals surface area contributed by atoms with Gasteiger partial charge in [-0.15, -0.1) is 0 Å². The van der Waals surface area contributed by atoms with E-state index in [4.69, 9.17) is 9.47 Å². The molecule has 6 heteroatoms. The van der Waals surface area contributed by atoms with E-state index in [0.29, 0.717) is 30.5 Å². The van der Waals surface area contributed by atoms with Gasteiger partial charge in [0.25, 0.3) is 11.1 Å². The lowest BCUT2D eigenvalue weighted by atomic mass is 10.2. The number of likely N-dealkylation sites (tertiary alicyclic amines) is 1. The van der Waals surface area contributed by atoms with Crippen LogP contribution >= 0.6 is 11.3 Å². The third kappa shape index (κ3) is 3.39. The minimum Gasteiger partial charge on any atom is -0.494 e. The molecule has 1 aromatic heterocycles. The Morgan fingerprint density at radius 3 is 2.91 bits per heavy atom. The van der Waals surface area contributed by atoms with Crippen molar-refractivity contribution in [3.05, 3.63) is 41.4 Å². The van der Waals surface area contributed by atoms with Crippen molar-refractivity contribution in [1.29, 1.82) is 0 Å². The van der Waals surface area contributed by atoms with Crippen molar-refractivity contribution in [1.82, 2.24) is 9.88 Å². The zero-order chi connectivity index (χ0) is 15.4. The summed E-state index contributed by atoms with van der Waals surface area (Å²) in [7, 11) is 0. The fraction of sp³-hybridized carbons (Fsp3) is 0.375. The van der Waals surface area contributed by atoms with Crippen LogP contribution in [0.2, 0.25) is 0 Å². The van der Waals surface area contributed by atoms with Crippen molar-refractivity contribution in [3.8, 4) is 10.9 Å². The van der Waals surface area contributed by atoms with Gasteiger partial charge in [-0.1, -0.05) is 11.3 Å².